The molecule has 7 heteroatoms. The van der Waals surface area contributed by atoms with Gasteiger partial charge in [0.25, 0.3) is 0 Å². The molecule has 1 aliphatic rings. The first-order chi connectivity index (χ1) is 12.5. The van der Waals surface area contributed by atoms with Gasteiger partial charge in [-0.2, -0.15) is 0 Å². The summed E-state index contributed by atoms with van der Waals surface area (Å²) in [5.41, 5.74) is 1.50. The van der Waals surface area contributed by atoms with Crippen molar-refractivity contribution in [2.45, 2.75) is 52.0 Å². The minimum atomic E-state index is -0.204. The molecule has 0 spiro atoms. The molecule has 1 unspecified atom stereocenters. The Kier molecular flexibility index (Phi) is 10.6. The van der Waals surface area contributed by atoms with Gasteiger partial charge in [0.05, 0.1) is 6.04 Å². The van der Waals surface area contributed by atoms with Gasteiger partial charge in [0.15, 0.2) is 5.96 Å². The molecular weight excluding hydrogens is 458 g/mol. The van der Waals surface area contributed by atoms with E-state index in [0.717, 1.165) is 31.2 Å². The van der Waals surface area contributed by atoms with Crippen LogP contribution in [0.1, 0.15) is 56.2 Å². The van der Waals surface area contributed by atoms with Crippen LogP contribution in [0.2, 0.25) is 0 Å². The molecule has 0 heterocycles. The number of nitrogens with one attached hydrogen (secondary N) is 3. The number of carbonyl (C=O) groups excluding carboxylic acids is 1. The fourth-order valence-electron chi connectivity index (χ4n) is 3.24. The summed E-state index contributed by atoms with van der Waals surface area (Å²) in [5.74, 6) is 0.769. The number of amides is 1. The molecule has 0 radical (unpaired) electrons. The largest absolute Gasteiger partial charge is 0.355 e. The summed E-state index contributed by atoms with van der Waals surface area (Å²) < 4.78 is 13.7. The Morgan fingerprint density at radius 2 is 1.89 bits per heavy atom. The number of hydrogen-bond donors (Lipinski definition) is 3. The van der Waals surface area contributed by atoms with Crippen LogP contribution in [0.4, 0.5) is 4.39 Å². The second-order valence-corrected chi connectivity index (χ2v) is 7.00. The number of guanidine groups is 1. The van der Waals surface area contributed by atoms with E-state index in [1.165, 1.54) is 6.42 Å². The van der Waals surface area contributed by atoms with Crippen molar-refractivity contribution in [3.8, 4) is 0 Å². The molecule has 1 amide bonds. The lowest BCUT2D eigenvalue weighted by molar-refractivity contribution is -0.125. The van der Waals surface area contributed by atoms with Crippen molar-refractivity contribution in [1.82, 2.24) is 16.0 Å². The van der Waals surface area contributed by atoms with E-state index < -0.39 is 0 Å². The first kappa shape index (κ1) is 23.7. The van der Waals surface area contributed by atoms with Crippen LogP contribution in [0, 0.1) is 18.7 Å². The van der Waals surface area contributed by atoms with E-state index in [0.29, 0.717) is 24.6 Å². The summed E-state index contributed by atoms with van der Waals surface area (Å²) in [6.45, 7) is 4.86. The van der Waals surface area contributed by atoms with Gasteiger partial charge in [-0.05, 0) is 43.9 Å². The third-order valence-corrected chi connectivity index (χ3v) is 4.97. The molecule has 2 rings (SSSR count). The fraction of sp³-hybridized carbons (Fsp3) is 0.600. The van der Waals surface area contributed by atoms with Crippen molar-refractivity contribution < 1.29 is 9.18 Å². The van der Waals surface area contributed by atoms with Crippen LogP contribution >= 0.6 is 24.0 Å². The third-order valence-electron chi connectivity index (χ3n) is 4.97. The van der Waals surface area contributed by atoms with Crippen molar-refractivity contribution in [1.29, 1.82) is 0 Å². The molecule has 0 saturated heterocycles. The van der Waals surface area contributed by atoms with Gasteiger partial charge in [-0.25, -0.2) is 4.39 Å². The van der Waals surface area contributed by atoms with Crippen molar-refractivity contribution in [3.63, 3.8) is 0 Å². The summed E-state index contributed by atoms with van der Waals surface area (Å²) in [5, 5.41) is 9.42. The molecular formula is C20H32FIN4O. The Bertz CT molecular complexity index is 632. The van der Waals surface area contributed by atoms with Crippen molar-refractivity contribution in [2.24, 2.45) is 10.9 Å². The lowest BCUT2D eigenvalue weighted by Crippen LogP contribution is -2.43. The second kappa shape index (κ2) is 12.2. The highest BCUT2D eigenvalue weighted by molar-refractivity contribution is 14.0. The number of carbonyl (C=O) groups is 1. The van der Waals surface area contributed by atoms with E-state index in [4.69, 9.17) is 0 Å². The summed E-state index contributed by atoms with van der Waals surface area (Å²) in [6.07, 6.45) is 5.57. The number of halogens is 2. The maximum atomic E-state index is 13.7. The Labute approximate surface area is 179 Å². The monoisotopic (exact) mass is 490 g/mol. The number of nitrogens with zero attached hydrogens (tertiary/aromatic N) is 1. The molecule has 0 aliphatic heterocycles. The average molecular weight is 490 g/mol. The molecule has 1 fully saturated rings. The second-order valence-electron chi connectivity index (χ2n) is 7.00. The van der Waals surface area contributed by atoms with Gasteiger partial charge in [0.1, 0.15) is 5.82 Å². The van der Waals surface area contributed by atoms with Crippen molar-refractivity contribution >= 4 is 35.8 Å². The summed E-state index contributed by atoms with van der Waals surface area (Å²) in [7, 11) is 1.69. The SMILES string of the molecule is CN=C(NCCNC(=O)C1CCCCC1)NC(C)c1ccc(C)c(F)c1.I. The van der Waals surface area contributed by atoms with Crippen LogP contribution in [-0.2, 0) is 4.79 Å². The maximum Gasteiger partial charge on any atom is 0.223 e. The van der Waals surface area contributed by atoms with E-state index in [1.807, 2.05) is 13.0 Å². The molecule has 3 N–H and O–H groups in total. The van der Waals surface area contributed by atoms with Gasteiger partial charge in [-0.15, -0.1) is 24.0 Å². The lowest BCUT2D eigenvalue weighted by Gasteiger charge is -2.21. The highest BCUT2D eigenvalue weighted by atomic mass is 127. The van der Waals surface area contributed by atoms with E-state index >= 15 is 0 Å². The Balaban J connectivity index is 0.00000364. The molecule has 5 nitrogen and oxygen atoms in total. The number of aliphatic imine (C=N–C) groups is 1. The van der Waals surface area contributed by atoms with Gasteiger partial charge in [0.2, 0.25) is 5.91 Å². The summed E-state index contributed by atoms with van der Waals surface area (Å²) in [6, 6.07) is 5.16. The fourth-order valence-corrected chi connectivity index (χ4v) is 3.24. The molecule has 152 valence electrons. The zero-order chi connectivity index (χ0) is 18.9. The summed E-state index contributed by atoms with van der Waals surface area (Å²) >= 11 is 0. The van der Waals surface area contributed by atoms with Gasteiger partial charge >= 0.3 is 0 Å². The van der Waals surface area contributed by atoms with Crippen LogP contribution in [0.25, 0.3) is 0 Å². The van der Waals surface area contributed by atoms with Crippen LogP contribution in [0.3, 0.4) is 0 Å². The first-order valence-corrected chi connectivity index (χ1v) is 9.52. The maximum absolute atomic E-state index is 13.7. The summed E-state index contributed by atoms with van der Waals surface area (Å²) in [4.78, 5) is 16.3. The van der Waals surface area contributed by atoms with Crippen LogP contribution < -0.4 is 16.0 Å². The van der Waals surface area contributed by atoms with E-state index in [2.05, 4.69) is 20.9 Å². The first-order valence-electron chi connectivity index (χ1n) is 9.52. The molecule has 1 aromatic carbocycles. The van der Waals surface area contributed by atoms with Crippen LogP contribution in [0.5, 0.6) is 0 Å². The van der Waals surface area contributed by atoms with E-state index in [-0.39, 0.29) is 47.7 Å². The number of benzene rings is 1. The standard InChI is InChI=1S/C20H31FN4O.HI/c1-14-9-10-17(13-18(14)21)15(2)25-20(22-3)24-12-11-23-19(26)16-7-5-4-6-8-16;/h9-10,13,15-16H,4-8,11-12H2,1-3H3,(H,23,26)(H2,22,24,25);1H. The normalized spacial score (nSPS) is 16.2. The predicted octanol–water partition coefficient (Wildman–Crippen LogP) is 3.67. The van der Waals surface area contributed by atoms with Crippen LogP contribution in [-0.4, -0.2) is 32.0 Å². The predicted molar refractivity (Wildman–Crippen MR) is 119 cm³/mol. The smallest absolute Gasteiger partial charge is 0.223 e. The number of aryl methyl sites for hydroxylation is 1. The van der Waals surface area contributed by atoms with E-state index in [9.17, 15) is 9.18 Å². The zero-order valence-corrected chi connectivity index (χ0v) is 18.8. The highest BCUT2D eigenvalue weighted by Gasteiger charge is 2.20. The molecule has 1 aliphatic carbocycles. The van der Waals surface area contributed by atoms with Gasteiger partial charge in [0, 0.05) is 26.1 Å². The third kappa shape index (κ3) is 7.63. The molecule has 1 atom stereocenters. The highest BCUT2D eigenvalue weighted by Crippen LogP contribution is 2.23. The molecule has 1 saturated carbocycles. The van der Waals surface area contributed by atoms with Gasteiger partial charge in [-0.1, -0.05) is 31.4 Å². The van der Waals surface area contributed by atoms with Gasteiger partial charge in [-0.3, -0.25) is 9.79 Å². The molecule has 27 heavy (non-hydrogen) atoms. The molecule has 0 bridgehead atoms. The minimum Gasteiger partial charge on any atom is -0.355 e. The average Bonchev–Trinajstić information content (AvgIpc) is 2.66. The number of rotatable bonds is 6. The van der Waals surface area contributed by atoms with Crippen LogP contribution in [0.15, 0.2) is 23.2 Å². The van der Waals surface area contributed by atoms with Crippen molar-refractivity contribution in [2.75, 3.05) is 20.1 Å². The molecule has 1 aromatic rings. The number of hydrogen-bond acceptors (Lipinski definition) is 2. The quantitative estimate of drug-likeness (QED) is 0.247. The minimum absolute atomic E-state index is 0. The van der Waals surface area contributed by atoms with E-state index in [1.54, 1.807) is 26.1 Å². The van der Waals surface area contributed by atoms with Gasteiger partial charge < -0.3 is 16.0 Å². The Morgan fingerprint density at radius 1 is 1.22 bits per heavy atom. The topological polar surface area (TPSA) is 65.5 Å². The molecule has 0 aromatic heterocycles. The lowest BCUT2D eigenvalue weighted by atomic mass is 9.89. The zero-order valence-electron chi connectivity index (χ0n) is 16.5. The van der Waals surface area contributed by atoms with Crippen molar-refractivity contribution in [3.05, 3.63) is 35.1 Å². The Morgan fingerprint density at radius 3 is 2.52 bits per heavy atom. The Hall–Kier alpha value is -1.38.